The van der Waals surface area contributed by atoms with Crippen LogP contribution in [0.3, 0.4) is 0 Å². The van der Waals surface area contributed by atoms with Crippen LogP contribution in [0.25, 0.3) is 0 Å². The van der Waals surface area contributed by atoms with Crippen molar-refractivity contribution in [2.45, 2.75) is 19.9 Å². The highest BCUT2D eigenvalue weighted by Crippen LogP contribution is 2.19. The summed E-state index contributed by atoms with van der Waals surface area (Å²) in [5, 5.41) is 12.5. The molecule has 0 bridgehead atoms. The lowest BCUT2D eigenvalue weighted by atomic mass is 10.0. The highest BCUT2D eigenvalue weighted by atomic mass is 16.4. The van der Waals surface area contributed by atoms with Gasteiger partial charge in [-0.3, -0.25) is 0 Å². The van der Waals surface area contributed by atoms with Gasteiger partial charge >= 0.3 is 5.97 Å². The van der Waals surface area contributed by atoms with Crippen molar-refractivity contribution in [3.63, 3.8) is 0 Å². The molecule has 0 saturated carbocycles. The Labute approximate surface area is 108 Å². The molecule has 98 valence electrons. The lowest BCUT2D eigenvalue weighted by molar-refractivity contribution is 0.0697. The van der Waals surface area contributed by atoms with Gasteiger partial charge in [0.15, 0.2) is 0 Å². The van der Waals surface area contributed by atoms with Crippen LogP contribution in [0, 0.1) is 5.92 Å². The molecule has 1 atom stereocenters. The van der Waals surface area contributed by atoms with Crippen molar-refractivity contribution in [1.82, 2.24) is 5.32 Å². The molecular formula is C14H20N2O2. The van der Waals surface area contributed by atoms with Crippen molar-refractivity contribution in [2.75, 3.05) is 24.5 Å². The van der Waals surface area contributed by atoms with E-state index in [0.29, 0.717) is 17.5 Å². The van der Waals surface area contributed by atoms with E-state index in [1.165, 1.54) is 0 Å². The fourth-order valence-electron chi connectivity index (χ4n) is 2.29. The first-order chi connectivity index (χ1) is 8.58. The number of carboxylic acids is 1. The van der Waals surface area contributed by atoms with Gasteiger partial charge in [0.25, 0.3) is 0 Å². The number of carboxylic acid groups (broad SMARTS) is 1. The van der Waals surface area contributed by atoms with E-state index < -0.39 is 5.97 Å². The molecule has 0 spiro atoms. The van der Waals surface area contributed by atoms with Gasteiger partial charge in [-0.05, 0) is 24.1 Å². The van der Waals surface area contributed by atoms with Gasteiger partial charge in [-0.25, -0.2) is 4.79 Å². The van der Waals surface area contributed by atoms with Crippen LogP contribution in [0.2, 0.25) is 0 Å². The van der Waals surface area contributed by atoms with E-state index in [1.807, 2.05) is 12.1 Å². The van der Waals surface area contributed by atoms with Crippen LogP contribution in [-0.4, -0.2) is 36.8 Å². The molecule has 1 aromatic rings. The Bertz CT molecular complexity index is 432. The Hall–Kier alpha value is -1.55. The molecule has 1 aliphatic rings. The number of hydrogen-bond donors (Lipinski definition) is 2. The molecule has 1 heterocycles. The summed E-state index contributed by atoms with van der Waals surface area (Å²) in [6.07, 6.45) is 0. The predicted octanol–water partition coefficient (Wildman–Crippen LogP) is 1.82. The number of rotatable bonds is 3. The second kappa shape index (κ2) is 5.40. The predicted molar refractivity (Wildman–Crippen MR) is 72.2 cm³/mol. The second-order valence-electron chi connectivity index (χ2n) is 5.11. The van der Waals surface area contributed by atoms with Crippen LogP contribution in [0.4, 0.5) is 5.69 Å². The summed E-state index contributed by atoms with van der Waals surface area (Å²) in [4.78, 5) is 13.2. The van der Waals surface area contributed by atoms with Gasteiger partial charge in [0, 0.05) is 31.4 Å². The molecule has 4 heteroatoms. The van der Waals surface area contributed by atoms with Gasteiger partial charge in [-0.2, -0.15) is 0 Å². The number of hydrogen-bond acceptors (Lipinski definition) is 3. The molecule has 18 heavy (non-hydrogen) atoms. The Morgan fingerprint density at radius 3 is 2.94 bits per heavy atom. The molecule has 0 amide bonds. The Kier molecular flexibility index (Phi) is 3.87. The number of piperazine rings is 1. The van der Waals surface area contributed by atoms with E-state index in [4.69, 9.17) is 5.11 Å². The first kappa shape index (κ1) is 12.9. The fourth-order valence-corrected chi connectivity index (χ4v) is 2.29. The quantitative estimate of drug-likeness (QED) is 0.856. The molecule has 1 fully saturated rings. The first-order valence-corrected chi connectivity index (χ1v) is 6.39. The molecule has 2 rings (SSSR count). The average molecular weight is 248 g/mol. The minimum absolute atomic E-state index is 0.354. The zero-order valence-corrected chi connectivity index (χ0v) is 10.9. The van der Waals surface area contributed by atoms with Crippen LogP contribution >= 0.6 is 0 Å². The van der Waals surface area contributed by atoms with Crippen LogP contribution in [0.15, 0.2) is 24.3 Å². The van der Waals surface area contributed by atoms with Crippen molar-refractivity contribution in [3.05, 3.63) is 29.8 Å². The highest BCUT2D eigenvalue weighted by molar-refractivity contribution is 5.88. The lowest BCUT2D eigenvalue weighted by Gasteiger charge is -2.37. The summed E-state index contributed by atoms with van der Waals surface area (Å²) in [5.41, 5.74) is 1.36. The number of benzene rings is 1. The monoisotopic (exact) mass is 248 g/mol. The maximum Gasteiger partial charge on any atom is 0.335 e. The average Bonchev–Trinajstić information content (AvgIpc) is 2.39. The minimum Gasteiger partial charge on any atom is -0.478 e. The summed E-state index contributed by atoms with van der Waals surface area (Å²) >= 11 is 0. The summed E-state index contributed by atoms with van der Waals surface area (Å²) in [7, 11) is 0. The Morgan fingerprint density at radius 1 is 1.50 bits per heavy atom. The van der Waals surface area contributed by atoms with Crippen molar-refractivity contribution in [2.24, 2.45) is 5.92 Å². The minimum atomic E-state index is -0.868. The highest BCUT2D eigenvalue weighted by Gasteiger charge is 2.22. The molecule has 0 aliphatic carbocycles. The topological polar surface area (TPSA) is 52.6 Å². The van der Waals surface area contributed by atoms with Gasteiger partial charge in [0.1, 0.15) is 0 Å². The molecule has 0 unspecified atom stereocenters. The third-order valence-corrected chi connectivity index (χ3v) is 3.47. The summed E-state index contributed by atoms with van der Waals surface area (Å²) < 4.78 is 0. The summed E-state index contributed by atoms with van der Waals surface area (Å²) in [6, 6.07) is 7.64. The summed E-state index contributed by atoms with van der Waals surface area (Å²) in [6.45, 7) is 7.21. The number of carbonyl (C=O) groups is 1. The zero-order valence-electron chi connectivity index (χ0n) is 10.9. The molecule has 1 aliphatic heterocycles. The van der Waals surface area contributed by atoms with Crippen molar-refractivity contribution in [3.8, 4) is 0 Å². The second-order valence-corrected chi connectivity index (χ2v) is 5.11. The number of nitrogens with one attached hydrogen (secondary N) is 1. The first-order valence-electron chi connectivity index (χ1n) is 6.39. The molecule has 1 aromatic carbocycles. The standard InChI is InChI=1S/C14H20N2O2/c1-10(2)13-9-16(7-6-15-13)12-5-3-4-11(8-12)14(17)18/h3-5,8,10,13,15H,6-7,9H2,1-2H3,(H,17,18)/t13-/m1/s1. The zero-order chi connectivity index (χ0) is 13.1. The molecule has 0 radical (unpaired) electrons. The lowest BCUT2D eigenvalue weighted by Crippen LogP contribution is -2.53. The van der Waals surface area contributed by atoms with E-state index in [2.05, 4.69) is 24.1 Å². The smallest absolute Gasteiger partial charge is 0.335 e. The third kappa shape index (κ3) is 2.82. The van der Waals surface area contributed by atoms with Crippen LogP contribution < -0.4 is 10.2 Å². The fraction of sp³-hybridized carbons (Fsp3) is 0.500. The van der Waals surface area contributed by atoms with E-state index in [1.54, 1.807) is 12.1 Å². The largest absolute Gasteiger partial charge is 0.478 e. The van der Waals surface area contributed by atoms with Crippen LogP contribution in [0.5, 0.6) is 0 Å². The van der Waals surface area contributed by atoms with Crippen molar-refractivity contribution in [1.29, 1.82) is 0 Å². The van der Waals surface area contributed by atoms with Gasteiger partial charge in [0.05, 0.1) is 5.56 Å². The van der Waals surface area contributed by atoms with Gasteiger partial charge in [-0.15, -0.1) is 0 Å². The van der Waals surface area contributed by atoms with Crippen LogP contribution in [-0.2, 0) is 0 Å². The Balaban J connectivity index is 2.15. The van der Waals surface area contributed by atoms with Gasteiger partial charge in [-0.1, -0.05) is 19.9 Å². The number of nitrogens with zero attached hydrogens (tertiary/aromatic N) is 1. The maximum absolute atomic E-state index is 11.0. The van der Waals surface area contributed by atoms with Gasteiger partial charge in [0.2, 0.25) is 0 Å². The molecule has 4 nitrogen and oxygen atoms in total. The molecule has 0 aromatic heterocycles. The molecular weight excluding hydrogens is 228 g/mol. The normalized spacial score (nSPS) is 20.2. The maximum atomic E-state index is 11.0. The van der Waals surface area contributed by atoms with Crippen molar-refractivity contribution < 1.29 is 9.90 Å². The number of anilines is 1. The molecule has 2 N–H and O–H groups in total. The van der Waals surface area contributed by atoms with E-state index in [0.717, 1.165) is 25.3 Å². The summed E-state index contributed by atoms with van der Waals surface area (Å²) in [5.74, 6) is -0.289. The van der Waals surface area contributed by atoms with Crippen molar-refractivity contribution >= 4 is 11.7 Å². The van der Waals surface area contributed by atoms with E-state index >= 15 is 0 Å². The van der Waals surface area contributed by atoms with Gasteiger partial charge < -0.3 is 15.3 Å². The van der Waals surface area contributed by atoms with E-state index in [-0.39, 0.29) is 0 Å². The third-order valence-electron chi connectivity index (χ3n) is 3.47. The molecule has 1 saturated heterocycles. The van der Waals surface area contributed by atoms with E-state index in [9.17, 15) is 4.79 Å². The van der Waals surface area contributed by atoms with Crippen LogP contribution in [0.1, 0.15) is 24.2 Å². The number of aromatic carboxylic acids is 1. The Morgan fingerprint density at radius 2 is 2.28 bits per heavy atom. The SMILES string of the molecule is CC(C)[C@H]1CN(c2cccc(C(=O)O)c2)CCN1.